The molecule has 7 nitrogen and oxygen atoms in total. The zero-order valence-electron chi connectivity index (χ0n) is 13.6. The molecule has 0 atom stereocenters. The maximum absolute atomic E-state index is 12.8. The molecule has 0 saturated heterocycles. The quantitative estimate of drug-likeness (QED) is 0.904. The molecule has 0 spiro atoms. The van der Waals surface area contributed by atoms with Crippen molar-refractivity contribution in [2.24, 2.45) is 7.05 Å². The molecular weight excluding hydrogens is 330 g/mol. The molecule has 24 heavy (non-hydrogen) atoms. The number of aryl methyl sites for hydroxylation is 2. The van der Waals surface area contributed by atoms with Gasteiger partial charge in [0.25, 0.3) is 10.0 Å². The maximum Gasteiger partial charge on any atom is 0.258 e. The van der Waals surface area contributed by atoms with Crippen molar-refractivity contribution in [3.63, 3.8) is 0 Å². The minimum absolute atomic E-state index is 0.200. The minimum Gasteiger partial charge on any atom is -0.486 e. The third kappa shape index (κ3) is 2.46. The van der Waals surface area contributed by atoms with Crippen LogP contribution in [0.5, 0.6) is 11.5 Å². The van der Waals surface area contributed by atoms with Gasteiger partial charge in [-0.15, -0.1) is 0 Å². The lowest BCUT2D eigenvalue weighted by Crippen LogP contribution is -2.36. The fourth-order valence-electron chi connectivity index (χ4n) is 3.14. The summed E-state index contributed by atoms with van der Waals surface area (Å²) in [7, 11) is -2.03. The van der Waals surface area contributed by atoms with Crippen LogP contribution in [0.15, 0.2) is 29.4 Å². The van der Waals surface area contributed by atoms with Crippen molar-refractivity contribution in [3.05, 3.63) is 35.5 Å². The normalized spacial score (nSPS) is 18.4. The van der Waals surface area contributed by atoms with Gasteiger partial charge in [-0.1, -0.05) is 6.07 Å². The third-order valence-corrected chi connectivity index (χ3v) is 6.24. The van der Waals surface area contributed by atoms with Crippen molar-refractivity contribution < 1.29 is 17.9 Å². The number of nitrogens with one attached hydrogen (secondary N) is 1. The lowest BCUT2D eigenvalue weighted by Gasteiger charge is -2.22. The van der Waals surface area contributed by atoms with Crippen molar-refractivity contribution >= 4 is 10.0 Å². The number of rotatable bonds is 4. The molecule has 1 aliphatic carbocycles. The monoisotopic (exact) mass is 349 g/mol. The van der Waals surface area contributed by atoms with E-state index in [-0.39, 0.29) is 5.03 Å². The second-order valence-corrected chi connectivity index (χ2v) is 7.90. The molecule has 1 aromatic carbocycles. The van der Waals surface area contributed by atoms with Gasteiger partial charge in [0.2, 0.25) is 0 Å². The van der Waals surface area contributed by atoms with E-state index in [0.29, 0.717) is 30.3 Å². The van der Waals surface area contributed by atoms with Crippen molar-refractivity contribution in [1.82, 2.24) is 14.5 Å². The molecule has 128 valence electrons. The zero-order valence-corrected chi connectivity index (χ0v) is 14.4. The van der Waals surface area contributed by atoms with E-state index >= 15 is 0 Å². The molecule has 2 aliphatic rings. The molecule has 1 aliphatic heterocycles. The Hall–Kier alpha value is -2.06. The van der Waals surface area contributed by atoms with Gasteiger partial charge < -0.3 is 9.47 Å². The number of fused-ring (bicyclic) bond motifs is 1. The summed E-state index contributed by atoms with van der Waals surface area (Å²) in [6, 6.07) is 5.62. The van der Waals surface area contributed by atoms with Crippen molar-refractivity contribution in [2.75, 3.05) is 13.2 Å². The minimum atomic E-state index is -3.66. The number of sulfonamides is 1. The van der Waals surface area contributed by atoms with E-state index in [0.717, 1.165) is 18.4 Å². The molecule has 0 bridgehead atoms. The SMILES string of the molecule is Cc1cnn(C)c1S(=O)(=O)NC1(c2ccc3c(c2)OCCO3)CC1. The van der Waals surface area contributed by atoms with Crippen LogP contribution in [0.4, 0.5) is 0 Å². The van der Waals surface area contributed by atoms with E-state index in [1.54, 1.807) is 20.2 Å². The predicted octanol–water partition coefficient (Wildman–Crippen LogP) is 1.47. The highest BCUT2D eigenvalue weighted by molar-refractivity contribution is 7.89. The molecule has 4 rings (SSSR count). The number of benzene rings is 1. The van der Waals surface area contributed by atoms with Crippen LogP contribution in [0.3, 0.4) is 0 Å². The first kappa shape index (κ1) is 15.5. The van der Waals surface area contributed by atoms with Crippen LogP contribution in [0.1, 0.15) is 24.0 Å². The van der Waals surface area contributed by atoms with E-state index in [1.165, 1.54) is 4.68 Å². The average molecular weight is 349 g/mol. The van der Waals surface area contributed by atoms with Gasteiger partial charge in [0.05, 0.1) is 11.7 Å². The molecule has 0 amide bonds. The van der Waals surface area contributed by atoms with Crippen LogP contribution in [-0.4, -0.2) is 31.4 Å². The van der Waals surface area contributed by atoms with Crippen LogP contribution in [0.2, 0.25) is 0 Å². The second-order valence-electron chi connectivity index (χ2n) is 6.30. The lowest BCUT2D eigenvalue weighted by atomic mass is 10.1. The van der Waals surface area contributed by atoms with Gasteiger partial charge in [-0.05, 0) is 37.5 Å². The van der Waals surface area contributed by atoms with Crippen LogP contribution in [0, 0.1) is 6.92 Å². The van der Waals surface area contributed by atoms with E-state index in [1.807, 2.05) is 18.2 Å². The van der Waals surface area contributed by atoms with Crippen LogP contribution < -0.4 is 14.2 Å². The molecular formula is C16H19N3O4S. The second kappa shape index (κ2) is 5.22. The zero-order chi connectivity index (χ0) is 16.9. The summed E-state index contributed by atoms with van der Waals surface area (Å²) in [6.07, 6.45) is 3.06. The van der Waals surface area contributed by atoms with Crippen molar-refractivity contribution in [1.29, 1.82) is 0 Å². The predicted molar refractivity (Wildman–Crippen MR) is 86.6 cm³/mol. The van der Waals surface area contributed by atoms with Crippen LogP contribution >= 0.6 is 0 Å². The summed E-state index contributed by atoms with van der Waals surface area (Å²) in [6.45, 7) is 2.78. The first-order valence-electron chi connectivity index (χ1n) is 7.84. The number of ether oxygens (including phenoxy) is 2. The summed E-state index contributed by atoms with van der Waals surface area (Å²) in [5.41, 5.74) is 0.948. The molecule has 1 fully saturated rings. The summed E-state index contributed by atoms with van der Waals surface area (Å²) in [5, 5.41) is 4.22. The van der Waals surface area contributed by atoms with E-state index < -0.39 is 15.6 Å². The Balaban J connectivity index is 1.67. The molecule has 0 unspecified atom stereocenters. The highest BCUT2D eigenvalue weighted by atomic mass is 32.2. The van der Waals surface area contributed by atoms with Gasteiger partial charge in [-0.3, -0.25) is 4.68 Å². The highest BCUT2D eigenvalue weighted by Crippen LogP contribution is 2.48. The average Bonchev–Trinajstić information content (AvgIpc) is 3.23. The fourth-order valence-corrected chi connectivity index (χ4v) is 4.95. The van der Waals surface area contributed by atoms with Crippen molar-refractivity contribution in [2.45, 2.75) is 30.3 Å². The molecule has 1 aromatic heterocycles. The Morgan fingerprint density at radius 3 is 2.54 bits per heavy atom. The Morgan fingerprint density at radius 1 is 1.21 bits per heavy atom. The largest absolute Gasteiger partial charge is 0.486 e. The van der Waals surface area contributed by atoms with Gasteiger partial charge in [-0.2, -0.15) is 9.82 Å². The maximum atomic E-state index is 12.8. The Morgan fingerprint density at radius 2 is 1.92 bits per heavy atom. The highest BCUT2D eigenvalue weighted by Gasteiger charge is 2.48. The van der Waals surface area contributed by atoms with Crippen LogP contribution in [0.25, 0.3) is 0 Å². The van der Waals surface area contributed by atoms with Gasteiger partial charge in [0.15, 0.2) is 16.5 Å². The summed E-state index contributed by atoms with van der Waals surface area (Å²) in [4.78, 5) is 0. The molecule has 1 saturated carbocycles. The topological polar surface area (TPSA) is 82.5 Å². The van der Waals surface area contributed by atoms with Gasteiger partial charge in [0.1, 0.15) is 13.2 Å². The molecule has 2 aromatic rings. The third-order valence-electron chi connectivity index (χ3n) is 4.48. The fraction of sp³-hybridized carbons (Fsp3) is 0.438. The number of hydrogen-bond acceptors (Lipinski definition) is 5. The van der Waals surface area contributed by atoms with E-state index in [2.05, 4.69) is 9.82 Å². The van der Waals surface area contributed by atoms with Gasteiger partial charge >= 0.3 is 0 Å². The van der Waals surface area contributed by atoms with E-state index in [9.17, 15) is 8.42 Å². The Labute approximate surface area is 140 Å². The van der Waals surface area contributed by atoms with Gasteiger partial charge in [-0.25, -0.2) is 8.42 Å². The summed E-state index contributed by atoms with van der Waals surface area (Å²) < 4.78 is 41.0. The smallest absolute Gasteiger partial charge is 0.258 e. The number of hydrogen-bond donors (Lipinski definition) is 1. The lowest BCUT2D eigenvalue weighted by molar-refractivity contribution is 0.171. The number of nitrogens with zero attached hydrogens (tertiary/aromatic N) is 2. The van der Waals surface area contributed by atoms with Crippen LogP contribution in [-0.2, 0) is 22.6 Å². The number of aromatic nitrogens is 2. The van der Waals surface area contributed by atoms with E-state index in [4.69, 9.17) is 9.47 Å². The Bertz CT molecular complexity index is 881. The summed E-state index contributed by atoms with van der Waals surface area (Å²) >= 11 is 0. The molecule has 8 heteroatoms. The summed E-state index contributed by atoms with van der Waals surface area (Å²) in [5.74, 6) is 1.37. The van der Waals surface area contributed by atoms with Crippen molar-refractivity contribution in [3.8, 4) is 11.5 Å². The molecule has 2 heterocycles. The van der Waals surface area contributed by atoms with Gasteiger partial charge in [0, 0.05) is 12.6 Å². The molecule has 0 radical (unpaired) electrons. The first-order valence-corrected chi connectivity index (χ1v) is 9.32. The Kier molecular flexibility index (Phi) is 3.36. The standard InChI is InChI=1S/C16H19N3O4S/c1-11-10-17-19(2)15(11)24(20,21)18-16(5-6-16)12-3-4-13-14(9-12)23-8-7-22-13/h3-4,9-10,18H,5-8H2,1-2H3. The first-order chi connectivity index (χ1) is 11.4. The molecule has 1 N–H and O–H groups in total.